The predicted octanol–water partition coefficient (Wildman–Crippen LogP) is 3.90. The predicted molar refractivity (Wildman–Crippen MR) is 95.6 cm³/mol. The molecule has 5 N–H and O–H groups in total. The van der Waals surface area contributed by atoms with Gasteiger partial charge in [-0.1, -0.05) is 18.2 Å². The monoisotopic (exact) mass is 319 g/mol. The first-order valence-electron chi connectivity index (χ1n) is 7.41. The van der Waals surface area contributed by atoms with Gasteiger partial charge >= 0.3 is 0 Å². The first kappa shape index (κ1) is 15.4. The molecule has 0 atom stereocenters. The van der Waals surface area contributed by atoms with Crippen molar-refractivity contribution in [3.8, 4) is 11.5 Å². The zero-order valence-electron chi connectivity index (χ0n) is 12.9. The molecule has 0 heterocycles. The van der Waals surface area contributed by atoms with Crippen LogP contribution in [0.5, 0.6) is 11.5 Å². The van der Waals surface area contributed by atoms with Crippen LogP contribution in [0.2, 0.25) is 0 Å². The minimum absolute atomic E-state index is 0.347. The Bertz CT molecular complexity index is 846. The van der Waals surface area contributed by atoms with Crippen LogP contribution in [0.4, 0.5) is 17.1 Å². The van der Waals surface area contributed by atoms with Gasteiger partial charge in [0, 0.05) is 11.4 Å². The Morgan fingerprint density at radius 1 is 0.875 bits per heavy atom. The lowest BCUT2D eigenvalue weighted by atomic mass is 10.1. The molecule has 5 heteroatoms. The Balaban J connectivity index is 1.76. The van der Waals surface area contributed by atoms with Gasteiger partial charge < -0.3 is 21.5 Å². The van der Waals surface area contributed by atoms with Crippen LogP contribution in [-0.2, 0) is 0 Å². The van der Waals surface area contributed by atoms with Crippen molar-refractivity contribution in [2.24, 2.45) is 5.73 Å². The van der Waals surface area contributed by atoms with Gasteiger partial charge in [-0.05, 0) is 54.6 Å². The van der Waals surface area contributed by atoms with Gasteiger partial charge in [0.25, 0.3) is 5.91 Å². The summed E-state index contributed by atoms with van der Waals surface area (Å²) in [6.45, 7) is 0. The normalized spacial score (nSPS) is 10.2. The van der Waals surface area contributed by atoms with Crippen molar-refractivity contribution >= 4 is 23.0 Å². The molecule has 5 nitrogen and oxygen atoms in total. The molecule has 0 aliphatic carbocycles. The third-order valence-electron chi connectivity index (χ3n) is 3.42. The van der Waals surface area contributed by atoms with E-state index in [0.717, 1.165) is 17.2 Å². The number of hydrogen-bond acceptors (Lipinski definition) is 4. The molecule has 0 unspecified atom stereocenters. The van der Waals surface area contributed by atoms with E-state index in [0.29, 0.717) is 16.9 Å². The average Bonchev–Trinajstić information content (AvgIpc) is 2.59. The summed E-state index contributed by atoms with van der Waals surface area (Å²) in [5.41, 5.74) is 13.3. The van der Waals surface area contributed by atoms with E-state index in [1.807, 2.05) is 54.6 Å². The van der Waals surface area contributed by atoms with E-state index in [2.05, 4.69) is 5.32 Å². The number of amides is 1. The Kier molecular flexibility index (Phi) is 4.34. The van der Waals surface area contributed by atoms with E-state index in [1.165, 1.54) is 0 Å². The maximum atomic E-state index is 11.5. The van der Waals surface area contributed by atoms with E-state index < -0.39 is 5.91 Å². The van der Waals surface area contributed by atoms with E-state index in [4.69, 9.17) is 16.2 Å². The molecule has 0 radical (unpaired) electrons. The highest BCUT2D eigenvalue weighted by atomic mass is 16.5. The maximum absolute atomic E-state index is 11.5. The Hall–Kier alpha value is -3.47. The topological polar surface area (TPSA) is 90.4 Å². The van der Waals surface area contributed by atoms with Crippen molar-refractivity contribution in [3.63, 3.8) is 0 Å². The molecule has 0 saturated heterocycles. The molecule has 120 valence electrons. The van der Waals surface area contributed by atoms with Gasteiger partial charge in [0.2, 0.25) is 0 Å². The van der Waals surface area contributed by atoms with Crippen LogP contribution in [0, 0.1) is 0 Å². The lowest BCUT2D eigenvalue weighted by Gasteiger charge is -2.12. The zero-order chi connectivity index (χ0) is 16.9. The number of nitrogens with two attached hydrogens (primary N) is 2. The number of primary amides is 1. The van der Waals surface area contributed by atoms with Crippen molar-refractivity contribution in [1.82, 2.24) is 0 Å². The van der Waals surface area contributed by atoms with Gasteiger partial charge in [-0.15, -0.1) is 0 Å². The number of rotatable bonds is 5. The third kappa shape index (κ3) is 3.64. The molecule has 0 fully saturated rings. The molecule has 0 aliphatic heterocycles. The zero-order valence-corrected chi connectivity index (χ0v) is 12.9. The number of nitrogen functional groups attached to an aromatic ring is 1. The van der Waals surface area contributed by atoms with Crippen LogP contribution in [0.3, 0.4) is 0 Å². The number of carbonyl (C=O) groups excluding carboxylic acids is 1. The van der Waals surface area contributed by atoms with Crippen molar-refractivity contribution < 1.29 is 9.53 Å². The van der Waals surface area contributed by atoms with Crippen LogP contribution in [0.1, 0.15) is 10.4 Å². The Morgan fingerprint density at radius 3 is 2.21 bits per heavy atom. The van der Waals surface area contributed by atoms with Crippen LogP contribution in [0.15, 0.2) is 72.8 Å². The third-order valence-corrected chi connectivity index (χ3v) is 3.42. The van der Waals surface area contributed by atoms with Crippen molar-refractivity contribution in [2.75, 3.05) is 11.1 Å². The van der Waals surface area contributed by atoms with E-state index in [1.54, 1.807) is 18.2 Å². The summed E-state index contributed by atoms with van der Waals surface area (Å²) >= 11 is 0. The van der Waals surface area contributed by atoms with Gasteiger partial charge in [0.05, 0.1) is 11.3 Å². The Labute approximate surface area is 139 Å². The highest BCUT2D eigenvalue weighted by Gasteiger charge is 2.09. The molecule has 0 spiro atoms. The molecular formula is C19H17N3O2. The summed E-state index contributed by atoms with van der Waals surface area (Å²) in [5, 5.41) is 3.16. The van der Waals surface area contributed by atoms with Crippen molar-refractivity contribution in [2.45, 2.75) is 0 Å². The first-order valence-corrected chi connectivity index (χ1v) is 7.41. The molecule has 0 saturated carbocycles. The number of hydrogen-bond donors (Lipinski definition) is 3. The summed E-state index contributed by atoms with van der Waals surface area (Å²) in [7, 11) is 0. The standard InChI is InChI=1S/C19H17N3O2/c20-13-6-11-18(17(12-13)19(21)23)22-14-7-9-16(10-8-14)24-15-4-2-1-3-5-15/h1-12,22H,20H2,(H2,21,23). The van der Waals surface area contributed by atoms with Gasteiger partial charge in [0.15, 0.2) is 0 Å². The van der Waals surface area contributed by atoms with Gasteiger partial charge in [0.1, 0.15) is 11.5 Å². The molecule has 3 aromatic rings. The number of benzene rings is 3. The van der Waals surface area contributed by atoms with E-state index in [9.17, 15) is 4.79 Å². The lowest BCUT2D eigenvalue weighted by Crippen LogP contribution is -2.13. The molecule has 0 bridgehead atoms. The molecule has 3 aromatic carbocycles. The molecule has 1 amide bonds. The molecule has 3 rings (SSSR count). The number of anilines is 3. The summed E-state index contributed by atoms with van der Waals surface area (Å²) in [5.74, 6) is 0.959. The second kappa shape index (κ2) is 6.75. The summed E-state index contributed by atoms with van der Waals surface area (Å²) in [4.78, 5) is 11.5. The number of nitrogens with one attached hydrogen (secondary N) is 1. The number of ether oxygens (including phenoxy) is 1. The lowest BCUT2D eigenvalue weighted by molar-refractivity contribution is 0.100. The average molecular weight is 319 g/mol. The summed E-state index contributed by atoms with van der Waals surface area (Å²) in [6, 6.07) is 21.9. The molecule has 24 heavy (non-hydrogen) atoms. The largest absolute Gasteiger partial charge is 0.457 e. The number of para-hydroxylation sites is 1. The van der Waals surface area contributed by atoms with Crippen molar-refractivity contribution in [3.05, 3.63) is 78.4 Å². The summed E-state index contributed by atoms with van der Waals surface area (Å²) in [6.07, 6.45) is 0. The van der Waals surface area contributed by atoms with Crippen LogP contribution >= 0.6 is 0 Å². The molecule has 0 aliphatic rings. The SMILES string of the molecule is NC(=O)c1cc(N)ccc1Nc1ccc(Oc2ccccc2)cc1. The minimum atomic E-state index is -0.533. The fourth-order valence-corrected chi connectivity index (χ4v) is 2.26. The van der Waals surface area contributed by atoms with E-state index >= 15 is 0 Å². The van der Waals surface area contributed by atoms with Crippen LogP contribution < -0.4 is 21.5 Å². The highest BCUT2D eigenvalue weighted by Crippen LogP contribution is 2.26. The summed E-state index contributed by atoms with van der Waals surface area (Å²) < 4.78 is 5.74. The Morgan fingerprint density at radius 2 is 1.54 bits per heavy atom. The van der Waals surface area contributed by atoms with Crippen molar-refractivity contribution in [1.29, 1.82) is 0 Å². The molecular weight excluding hydrogens is 302 g/mol. The molecule has 0 aromatic heterocycles. The van der Waals surface area contributed by atoms with E-state index in [-0.39, 0.29) is 0 Å². The quantitative estimate of drug-likeness (QED) is 0.622. The highest BCUT2D eigenvalue weighted by molar-refractivity contribution is 6.00. The smallest absolute Gasteiger partial charge is 0.250 e. The second-order valence-electron chi connectivity index (χ2n) is 5.23. The fourth-order valence-electron chi connectivity index (χ4n) is 2.26. The minimum Gasteiger partial charge on any atom is -0.457 e. The van der Waals surface area contributed by atoms with Crippen LogP contribution in [0.25, 0.3) is 0 Å². The fraction of sp³-hybridized carbons (Fsp3) is 0. The van der Waals surface area contributed by atoms with Crippen LogP contribution in [-0.4, -0.2) is 5.91 Å². The van der Waals surface area contributed by atoms with Gasteiger partial charge in [-0.25, -0.2) is 0 Å². The first-order chi connectivity index (χ1) is 11.6. The number of carbonyl (C=O) groups is 1. The maximum Gasteiger partial charge on any atom is 0.250 e. The van der Waals surface area contributed by atoms with Gasteiger partial charge in [-0.3, -0.25) is 4.79 Å². The van der Waals surface area contributed by atoms with Gasteiger partial charge in [-0.2, -0.15) is 0 Å². The second-order valence-corrected chi connectivity index (χ2v) is 5.23.